The van der Waals surface area contributed by atoms with E-state index in [1.807, 2.05) is 44.2 Å². The normalized spacial score (nSPS) is 12.6. The van der Waals surface area contributed by atoms with E-state index in [4.69, 9.17) is 10.00 Å². The highest BCUT2D eigenvalue weighted by molar-refractivity contribution is 5.92. The number of carbonyl (C=O) groups excluding carboxylic acids is 3. The molecule has 0 spiro atoms. The number of benzene rings is 1. The zero-order valence-electron chi connectivity index (χ0n) is 14.6. The number of nitrogens with zero attached hydrogens (tertiary/aromatic N) is 1. The van der Waals surface area contributed by atoms with Crippen LogP contribution in [0.2, 0.25) is 0 Å². The Morgan fingerprint density at radius 1 is 1.16 bits per heavy atom. The quantitative estimate of drug-likeness (QED) is 0.748. The number of ketones is 1. The number of rotatable bonds is 8. The van der Waals surface area contributed by atoms with Crippen molar-refractivity contribution in [3.63, 3.8) is 0 Å². The Hall–Kier alpha value is -2.88. The van der Waals surface area contributed by atoms with E-state index >= 15 is 0 Å². The lowest BCUT2D eigenvalue weighted by Gasteiger charge is -2.21. The Morgan fingerprint density at radius 3 is 2.32 bits per heavy atom. The molecular formula is C18H23N3O4. The summed E-state index contributed by atoms with van der Waals surface area (Å²) in [6.45, 7) is 5.08. The van der Waals surface area contributed by atoms with Crippen molar-refractivity contribution in [2.75, 3.05) is 0 Å². The second-order valence-electron chi connectivity index (χ2n) is 6.07. The lowest BCUT2D eigenvalue weighted by molar-refractivity contribution is -0.127. The van der Waals surface area contributed by atoms with Gasteiger partial charge in [0.05, 0.1) is 6.07 Å². The first-order chi connectivity index (χ1) is 11.8. The predicted octanol–water partition coefficient (Wildman–Crippen LogP) is 1.92. The van der Waals surface area contributed by atoms with Gasteiger partial charge in [-0.15, -0.1) is 0 Å². The Morgan fingerprint density at radius 2 is 1.80 bits per heavy atom. The van der Waals surface area contributed by atoms with Crippen molar-refractivity contribution in [3.8, 4) is 6.07 Å². The number of nitrogens with one attached hydrogen (secondary N) is 2. The average Bonchev–Trinajstić information content (AvgIpc) is 2.57. The molecule has 0 radical (unpaired) electrons. The van der Waals surface area contributed by atoms with E-state index in [2.05, 4.69) is 10.6 Å². The smallest absolute Gasteiger partial charge is 0.408 e. The molecule has 7 heteroatoms. The van der Waals surface area contributed by atoms with E-state index < -0.39 is 29.9 Å². The van der Waals surface area contributed by atoms with Crippen molar-refractivity contribution in [2.24, 2.45) is 5.92 Å². The molecule has 1 aromatic carbocycles. The van der Waals surface area contributed by atoms with Gasteiger partial charge in [-0.1, -0.05) is 44.2 Å². The standard InChI is InChI=1S/C18H23N3O4/c1-12(2)9-15(17(23)20-16(10-19)13(3)22)21-18(24)25-11-14-7-5-4-6-8-14/h4-8,12,15-16H,9,11H2,1-3H3,(H,20,23)(H,21,24)/t15?,16-/m0/s1. The molecule has 0 saturated carbocycles. The van der Waals surface area contributed by atoms with E-state index in [1.54, 1.807) is 6.07 Å². The van der Waals surface area contributed by atoms with Gasteiger partial charge in [-0.25, -0.2) is 4.79 Å². The predicted molar refractivity (Wildman–Crippen MR) is 91.2 cm³/mol. The molecule has 1 unspecified atom stereocenters. The molecule has 0 saturated heterocycles. The molecule has 2 amide bonds. The van der Waals surface area contributed by atoms with Crippen LogP contribution in [0.4, 0.5) is 4.79 Å². The summed E-state index contributed by atoms with van der Waals surface area (Å²) in [5.41, 5.74) is 0.823. The summed E-state index contributed by atoms with van der Waals surface area (Å²) in [5, 5.41) is 13.7. The van der Waals surface area contributed by atoms with Crippen LogP contribution in [0.5, 0.6) is 0 Å². The topological polar surface area (TPSA) is 108 Å². The summed E-state index contributed by atoms with van der Waals surface area (Å²) >= 11 is 0. The van der Waals surface area contributed by atoms with Gasteiger partial charge in [0.1, 0.15) is 12.6 Å². The summed E-state index contributed by atoms with van der Waals surface area (Å²) in [7, 11) is 0. The van der Waals surface area contributed by atoms with Gasteiger partial charge in [0.25, 0.3) is 0 Å². The fourth-order valence-electron chi connectivity index (χ4n) is 2.08. The molecule has 0 heterocycles. The summed E-state index contributed by atoms with van der Waals surface area (Å²) in [4.78, 5) is 35.5. The van der Waals surface area contributed by atoms with Crippen LogP contribution in [0.25, 0.3) is 0 Å². The molecule has 1 rings (SSSR count). The Bertz CT molecular complexity index is 637. The van der Waals surface area contributed by atoms with Crippen LogP contribution in [0.3, 0.4) is 0 Å². The Balaban J connectivity index is 2.65. The van der Waals surface area contributed by atoms with Crippen molar-refractivity contribution in [1.82, 2.24) is 10.6 Å². The molecule has 1 aromatic rings. The van der Waals surface area contributed by atoms with E-state index in [0.717, 1.165) is 5.56 Å². The van der Waals surface area contributed by atoms with Gasteiger partial charge in [-0.2, -0.15) is 5.26 Å². The van der Waals surface area contributed by atoms with Crippen LogP contribution in [0, 0.1) is 17.2 Å². The maximum atomic E-state index is 12.3. The molecule has 7 nitrogen and oxygen atoms in total. The van der Waals surface area contributed by atoms with E-state index in [0.29, 0.717) is 6.42 Å². The lowest BCUT2D eigenvalue weighted by atomic mass is 10.0. The molecule has 0 aliphatic carbocycles. The first-order valence-electron chi connectivity index (χ1n) is 8.01. The SMILES string of the molecule is CC(=O)[C@H](C#N)NC(=O)C(CC(C)C)NC(=O)OCc1ccccc1. The largest absolute Gasteiger partial charge is 0.445 e. The summed E-state index contributed by atoms with van der Waals surface area (Å²) in [6.07, 6.45) is -0.386. The molecule has 0 aliphatic rings. The maximum absolute atomic E-state index is 12.3. The summed E-state index contributed by atoms with van der Waals surface area (Å²) in [5.74, 6) is -0.944. The number of amides is 2. The van der Waals surface area contributed by atoms with Crippen molar-refractivity contribution in [1.29, 1.82) is 5.26 Å². The first-order valence-corrected chi connectivity index (χ1v) is 8.01. The van der Waals surface area contributed by atoms with Gasteiger partial charge in [0, 0.05) is 0 Å². The molecule has 2 atom stereocenters. The third-order valence-corrected chi connectivity index (χ3v) is 3.35. The molecule has 0 bridgehead atoms. The Kier molecular flexibility index (Phi) is 8.13. The summed E-state index contributed by atoms with van der Waals surface area (Å²) < 4.78 is 5.11. The fraction of sp³-hybridized carbons (Fsp3) is 0.444. The molecule has 2 N–H and O–H groups in total. The van der Waals surface area contributed by atoms with Crippen molar-refractivity contribution in [3.05, 3.63) is 35.9 Å². The van der Waals surface area contributed by atoms with E-state index in [1.165, 1.54) is 6.92 Å². The minimum atomic E-state index is -1.23. The van der Waals surface area contributed by atoms with Crippen LogP contribution in [-0.2, 0) is 20.9 Å². The van der Waals surface area contributed by atoms with Gasteiger partial charge in [-0.3, -0.25) is 9.59 Å². The lowest BCUT2D eigenvalue weighted by Crippen LogP contribution is -2.51. The summed E-state index contributed by atoms with van der Waals surface area (Å²) in [6, 6.07) is 8.74. The molecule has 25 heavy (non-hydrogen) atoms. The van der Waals surface area contributed by atoms with Crippen LogP contribution in [0.1, 0.15) is 32.8 Å². The van der Waals surface area contributed by atoms with Crippen LogP contribution in [0.15, 0.2) is 30.3 Å². The van der Waals surface area contributed by atoms with Crippen LogP contribution >= 0.6 is 0 Å². The first kappa shape index (κ1) is 20.2. The fourth-order valence-corrected chi connectivity index (χ4v) is 2.08. The monoisotopic (exact) mass is 345 g/mol. The highest BCUT2D eigenvalue weighted by Crippen LogP contribution is 2.07. The van der Waals surface area contributed by atoms with Gasteiger partial charge in [0.15, 0.2) is 11.8 Å². The van der Waals surface area contributed by atoms with Gasteiger partial charge >= 0.3 is 6.09 Å². The highest BCUT2D eigenvalue weighted by atomic mass is 16.5. The number of hydrogen-bond acceptors (Lipinski definition) is 5. The molecule has 134 valence electrons. The number of Topliss-reactive ketones (excluding diaryl/α,β-unsaturated/α-hetero) is 1. The van der Waals surface area contributed by atoms with Crippen molar-refractivity contribution >= 4 is 17.8 Å². The number of ether oxygens (including phenoxy) is 1. The number of carbonyl (C=O) groups is 3. The van der Waals surface area contributed by atoms with Crippen LogP contribution < -0.4 is 10.6 Å². The van der Waals surface area contributed by atoms with Gasteiger partial charge < -0.3 is 15.4 Å². The van der Waals surface area contributed by atoms with Gasteiger partial charge in [-0.05, 0) is 24.8 Å². The maximum Gasteiger partial charge on any atom is 0.408 e. The zero-order chi connectivity index (χ0) is 18.8. The highest BCUT2D eigenvalue weighted by Gasteiger charge is 2.26. The second kappa shape index (κ2) is 10.1. The minimum absolute atomic E-state index is 0.0803. The Labute approximate surface area is 147 Å². The molecular weight excluding hydrogens is 322 g/mol. The minimum Gasteiger partial charge on any atom is -0.445 e. The van der Waals surface area contributed by atoms with E-state index in [9.17, 15) is 14.4 Å². The third-order valence-electron chi connectivity index (χ3n) is 3.35. The van der Waals surface area contributed by atoms with Crippen LogP contribution in [-0.4, -0.2) is 29.9 Å². The molecule has 0 fully saturated rings. The molecule has 0 aliphatic heterocycles. The van der Waals surface area contributed by atoms with Gasteiger partial charge in [0.2, 0.25) is 5.91 Å². The van der Waals surface area contributed by atoms with E-state index in [-0.39, 0.29) is 12.5 Å². The number of nitriles is 1. The molecule has 0 aromatic heterocycles. The number of alkyl carbamates (subject to hydrolysis) is 1. The number of hydrogen-bond donors (Lipinski definition) is 2. The average molecular weight is 345 g/mol. The zero-order valence-corrected chi connectivity index (χ0v) is 14.6. The van der Waals surface area contributed by atoms with Crippen molar-refractivity contribution < 1.29 is 19.1 Å². The third kappa shape index (κ3) is 7.48. The van der Waals surface area contributed by atoms with Crippen molar-refractivity contribution in [2.45, 2.75) is 45.9 Å². The second-order valence-corrected chi connectivity index (χ2v) is 6.07.